The van der Waals surface area contributed by atoms with Crippen LogP contribution >= 0.6 is 0 Å². The fourth-order valence-electron chi connectivity index (χ4n) is 3.80. The summed E-state index contributed by atoms with van der Waals surface area (Å²) in [6.45, 7) is 3.85. The normalized spacial score (nSPS) is 13.8. The van der Waals surface area contributed by atoms with Crippen molar-refractivity contribution in [2.45, 2.75) is 76.5 Å². The van der Waals surface area contributed by atoms with Crippen molar-refractivity contribution in [2.24, 2.45) is 33.8 Å². The summed E-state index contributed by atoms with van der Waals surface area (Å²) < 4.78 is 0. The first-order chi connectivity index (χ1) is 19.2. The Kier molecular flexibility index (Phi) is 14.6. The SMILES string of the molecule is CC(C)CC(NC(=O)C(Cc1ccc(O)cc1)NC(=O)C(CCC(N)=O)NC(=O)C(N)CCCN=C(N)N)C(=O)O. The van der Waals surface area contributed by atoms with Crippen LogP contribution in [0.1, 0.15) is 51.5 Å². The molecule has 15 heteroatoms. The summed E-state index contributed by atoms with van der Waals surface area (Å²) in [5.41, 5.74) is 22.3. The minimum Gasteiger partial charge on any atom is -0.508 e. The van der Waals surface area contributed by atoms with E-state index in [4.69, 9.17) is 22.9 Å². The van der Waals surface area contributed by atoms with E-state index in [9.17, 15) is 34.2 Å². The molecule has 0 aliphatic rings. The van der Waals surface area contributed by atoms with Crippen molar-refractivity contribution in [3.05, 3.63) is 29.8 Å². The number of hydrogen-bond acceptors (Lipinski definition) is 8. The Bertz CT molecular complexity index is 1070. The van der Waals surface area contributed by atoms with Crippen LogP contribution in [-0.2, 0) is 30.4 Å². The molecule has 0 aliphatic heterocycles. The molecule has 0 aromatic heterocycles. The zero-order chi connectivity index (χ0) is 31.1. The van der Waals surface area contributed by atoms with Crippen molar-refractivity contribution in [3.63, 3.8) is 0 Å². The number of carboxylic acids is 1. The van der Waals surface area contributed by atoms with Gasteiger partial charge < -0.3 is 49.1 Å². The number of rotatable bonds is 18. The Balaban J connectivity index is 3.12. The second-order valence-electron chi connectivity index (χ2n) is 10.1. The molecule has 0 spiro atoms. The second-order valence-corrected chi connectivity index (χ2v) is 10.1. The smallest absolute Gasteiger partial charge is 0.326 e. The molecule has 4 amide bonds. The van der Waals surface area contributed by atoms with E-state index < -0.39 is 53.8 Å². The number of primary amides is 1. The molecule has 1 aromatic carbocycles. The Morgan fingerprint density at radius 3 is 1.95 bits per heavy atom. The van der Waals surface area contributed by atoms with Crippen LogP contribution in [0.25, 0.3) is 0 Å². The summed E-state index contributed by atoms with van der Waals surface area (Å²) in [4.78, 5) is 66.2. The first-order valence-electron chi connectivity index (χ1n) is 13.2. The number of phenols is 1. The van der Waals surface area contributed by atoms with Gasteiger partial charge in [-0.25, -0.2) is 4.79 Å². The highest BCUT2D eigenvalue weighted by atomic mass is 16.4. The Labute approximate surface area is 238 Å². The summed E-state index contributed by atoms with van der Waals surface area (Å²) >= 11 is 0. The van der Waals surface area contributed by atoms with Crippen LogP contribution in [0.2, 0.25) is 0 Å². The number of carbonyl (C=O) groups excluding carboxylic acids is 4. The number of hydrogen-bond donors (Lipinski definition) is 9. The van der Waals surface area contributed by atoms with Crippen LogP contribution in [0.3, 0.4) is 0 Å². The maximum absolute atomic E-state index is 13.3. The molecular formula is C26H42N8O7. The molecule has 0 radical (unpaired) electrons. The van der Waals surface area contributed by atoms with E-state index in [-0.39, 0.29) is 56.3 Å². The van der Waals surface area contributed by atoms with E-state index >= 15 is 0 Å². The number of nitrogens with two attached hydrogens (primary N) is 4. The minimum atomic E-state index is -1.28. The Morgan fingerprint density at radius 2 is 1.41 bits per heavy atom. The first-order valence-corrected chi connectivity index (χ1v) is 13.2. The van der Waals surface area contributed by atoms with Crippen molar-refractivity contribution in [1.82, 2.24) is 16.0 Å². The number of phenolic OH excluding ortho intramolecular Hbond substituents is 1. The summed E-state index contributed by atoms with van der Waals surface area (Å²) in [6.07, 6.45) is 0.256. The first kappa shape index (κ1) is 34.6. The maximum atomic E-state index is 13.3. The minimum absolute atomic E-state index is 0.00877. The molecule has 0 bridgehead atoms. The topological polar surface area (TPSA) is 278 Å². The number of aliphatic imine (C=N–C) groups is 1. The fourth-order valence-corrected chi connectivity index (χ4v) is 3.80. The van der Waals surface area contributed by atoms with Crippen LogP contribution in [0.15, 0.2) is 29.3 Å². The summed E-state index contributed by atoms with van der Waals surface area (Å²) in [5.74, 6) is -4.35. The number of aromatic hydroxyl groups is 1. The van der Waals surface area contributed by atoms with Gasteiger partial charge in [0.05, 0.1) is 6.04 Å². The lowest BCUT2D eigenvalue weighted by Gasteiger charge is -2.25. The fraction of sp³-hybridized carbons (Fsp3) is 0.538. The number of carbonyl (C=O) groups is 5. The number of carboxylic acid groups (broad SMARTS) is 1. The third-order valence-electron chi connectivity index (χ3n) is 5.95. The molecule has 228 valence electrons. The third-order valence-corrected chi connectivity index (χ3v) is 5.95. The van der Waals surface area contributed by atoms with Gasteiger partial charge in [-0.15, -0.1) is 0 Å². The zero-order valence-electron chi connectivity index (χ0n) is 23.3. The molecule has 0 saturated carbocycles. The van der Waals surface area contributed by atoms with Gasteiger partial charge in [0.25, 0.3) is 0 Å². The van der Waals surface area contributed by atoms with E-state index in [2.05, 4.69) is 20.9 Å². The quantitative estimate of drug-likeness (QED) is 0.0533. The monoisotopic (exact) mass is 578 g/mol. The van der Waals surface area contributed by atoms with Crippen molar-refractivity contribution < 1.29 is 34.2 Å². The lowest BCUT2D eigenvalue weighted by atomic mass is 10.0. The van der Waals surface area contributed by atoms with Gasteiger partial charge in [-0.2, -0.15) is 0 Å². The van der Waals surface area contributed by atoms with Crippen LogP contribution in [-0.4, -0.2) is 76.5 Å². The van der Waals surface area contributed by atoms with Crippen LogP contribution in [0.4, 0.5) is 0 Å². The van der Waals surface area contributed by atoms with E-state index in [1.165, 1.54) is 24.3 Å². The number of guanidine groups is 1. The van der Waals surface area contributed by atoms with Crippen molar-refractivity contribution in [3.8, 4) is 5.75 Å². The van der Waals surface area contributed by atoms with E-state index in [0.717, 1.165) is 0 Å². The van der Waals surface area contributed by atoms with Gasteiger partial charge in [-0.3, -0.25) is 24.2 Å². The van der Waals surface area contributed by atoms with Crippen molar-refractivity contribution in [2.75, 3.05) is 6.54 Å². The molecule has 0 saturated heterocycles. The largest absolute Gasteiger partial charge is 0.508 e. The van der Waals surface area contributed by atoms with Gasteiger partial charge in [0.2, 0.25) is 23.6 Å². The molecule has 15 nitrogen and oxygen atoms in total. The number of benzene rings is 1. The highest BCUT2D eigenvalue weighted by molar-refractivity contribution is 5.94. The van der Waals surface area contributed by atoms with Gasteiger partial charge >= 0.3 is 5.97 Å². The summed E-state index contributed by atoms with van der Waals surface area (Å²) in [7, 11) is 0. The lowest BCUT2D eigenvalue weighted by Crippen LogP contribution is -2.57. The molecule has 1 aromatic rings. The Hall–Kier alpha value is -4.40. The standard InChI is InChI=1S/C26H42N8O7/c1-14(2)12-20(25(40)41)34-24(39)19(13-15-5-7-16(35)8-6-15)33-23(38)18(9-10-21(28)36)32-22(37)17(27)4-3-11-31-26(29)30/h5-8,14,17-20,35H,3-4,9-13,27H2,1-2H3,(H2,28,36)(H,32,37)(H,33,38)(H,34,39)(H,40,41)(H4,29,30,31). The average Bonchev–Trinajstić information content (AvgIpc) is 2.88. The number of amides is 4. The lowest BCUT2D eigenvalue weighted by molar-refractivity contribution is -0.142. The predicted octanol–water partition coefficient (Wildman–Crippen LogP) is -1.83. The third kappa shape index (κ3) is 14.0. The van der Waals surface area contributed by atoms with E-state index in [1.807, 2.05) is 0 Å². The molecule has 0 fully saturated rings. The molecule has 1 rings (SSSR count). The van der Waals surface area contributed by atoms with Crippen molar-refractivity contribution >= 4 is 35.6 Å². The molecule has 0 heterocycles. The van der Waals surface area contributed by atoms with Crippen LogP contribution in [0.5, 0.6) is 5.75 Å². The Morgan fingerprint density at radius 1 is 0.854 bits per heavy atom. The molecule has 13 N–H and O–H groups in total. The van der Waals surface area contributed by atoms with Crippen LogP contribution in [0, 0.1) is 5.92 Å². The molecular weight excluding hydrogens is 536 g/mol. The maximum Gasteiger partial charge on any atom is 0.326 e. The van der Waals surface area contributed by atoms with Gasteiger partial charge in [-0.1, -0.05) is 26.0 Å². The predicted molar refractivity (Wildman–Crippen MR) is 151 cm³/mol. The molecule has 41 heavy (non-hydrogen) atoms. The van der Waals surface area contributed by atoms with E-state index in [0.29, 0.717) is 12.0 Å². The molecule has 0 aliphatic carbocycles. The number of nitrogens with one attached hydrogen (secondary N) is 3. The average molecular weight is 579 g/mol. The van der Waals surface area contributed by atoms with Gasteiger partial charge in [0.1, 0.15) is 23.9 Å². The number of aliphatic carboxylic acids is 1. The highest BCUT2D eigenvalue weighted by Crippen LogP contribution is 2.13. The van der Waals surface area contributed by atoms with Gasteiger partial charge in [-0.05, 0) is 49.3 Å². The van der Waals surface area contributed by atoms with Gasteiger partial charge in [0.15, 0.2) is 5.96 Å². The molecule has 4 atom stereocenters. The summed E-state index contributed by atoms with van der Waals surface area (Å²) in [6, 6.07) is 1.11. The van der Waals surface area contributed by atoms with Crippen molar-refractivity contribution in [1.29, 1.82) is 0 Å². The highest BCUT2D eigenvalue weighted by Gasteiger charge is 2.31. The van der Waals surface area contributed by atoms with Gasteiger partial charge in [0, 0.05) is 19.4 Å². The zero-order valence-corrected chi connectivity index (χ0v) is 23.3. The van der Waals surface area contributed by atoms with E-state index in [1.54, 1.807) is 13.8 Å². The second kappa shape index (κ2) is 17.3. The number of nitrogens with zero attached hydrogens (tertiary/aromatic N) is 1. The van der Waals surface area contributed by atoms with Crippen LogP contribution < -0.4 is 38.9 Å². The molecule has 4 unspecified atom stereocenters. The summed E-state index contributed by atoms with van der Waals surface area (Å²) in [5, 5.41) is 26.7.